The molecule has 0 aliphatic carbocycles. The van der Waals surface area contributed by atoms with E-state index in [-0.39, 0.29) is 5.91 Å². The number of halogens is 2. The summed E-state index contributed by atoms with van der Waals surface area (Å²) in [7, 11) is 0. The number of nitrogens with zero attached hydrogens (tertiary/aromatic N) is 1. The maximum Gasteiger partial charge on any atom is 0.224 e. The molecule has 5 heteroatoms. The molecule has 2 aromatic rings. The lowest BCUT2D eigenvalue weighted by atomic mass is 10.2. The van der Waals surface area contributed by atoms with E-state index in [9.17, 15) is 4.79 Å². The number of carbonyl (C=O) groups is 1. The number of pyridine rings is 1. The number of carbonyl (C=O) groups excluding carboxylic acids is 1. The lowest BCUT2D eigenvalue weighted by molar-refractivity contribution is -0.120. The van der Waals surface area contributed by atoms with Crippen LogP contribution >= 0.6 is 23.2 Å². The fraction of sp³-hybridized carbons (Fsp3) is 0.143. The van der Waals surface area contributed by atoms with Crippen LogP contribution in [0, 0.1) is 0 Å². The molecule has 1 amide bonds. The predicted octanol–water partition coefficient (Wildman–Crippen LogP) is 3.25. The van der Waals surface area contributed by atoms with Crippen LogP contribution in [0.4, 0.5) is 0 Å². The zero-order valence-electron chi connectivity index (χ0n) is 10.1. The first kappa shape index (κ1) is 13.8. The highest BCUT2D eigenvalue weighted by Gasteiger charge is 2.04. The van der Waals surface area contributed by atoms with Gasteiger partial charge in [0.1, 0.15) is 0 Å². The summed E-state index contributed by atoms with van der Waals surface area (Å²) in [6, 6.07) is 8.96. The van der Waals surface area contributed by atoms with Gasteiger partial charge in [-0.25, -0.2) is 0 Å². The van der Waals surface area contributed by atoms with Gasteiger partial charge in [-0.05, 0) is 29.3 Å². The van der Waals surface area contributed by atoms with Crippen LogP contribution in [0.2, 0.25) is 10.0 Å². The third-order valence-corrected chi connectivity index (χ3v) is 3.30. The van der Waals surface area contributed by atoms with E-state index < -0.39 is 0 Å². The molecular formula is C14H12Cl2N2O. The highest BCUT2D eigenvalue weighted by atomic mass is 35.5. The van der Waals surface area contributed by atoms with Crippen molar-refractivity contribution in [1.29, 1.82) is 0 Å². The van der Waals surface area contributed by atoms with Gasteiger partial charge in [-0.15, -0.1) is 0 Å². The summed E-state index contributed by atoms with van der Waals surface area (Å²) in [5, 5.41) is 3.82. The van der Waals surface area contributed by atoms with Crippen LogP contribution < -0.4 is 5.32 Å². The molecule has 0 radical (unpaired) electrons. The standard InChI is InChI=1S/C14H12Cl2N2O/c15-12-4-3-11(6-13(12)16)9-18-14(19)7-10-2-1-5-17-8-10/h1-6,8H,7,9H2,(H,18,19). The summed E-state index contributed by atoms with van der Waals surface area (Å²) >= 11 is 11.7. The van der Waals surface area contributed by atoms with Gasteiger partial charge in [-0.1, -0.05) is 35.3 Å². The number of aromatic nitrogens is 1. The van der Waals surface area contributed by atoms with E-state index in [0.29, 0.717) is 23.0 Å². The normalized spacial score (nSPS) is 10.2. The first-order valence-corrected chi connectivity index (χ1v) is 6.50. The minimum absolute atomic E-state index is 0.0564. The molecule has 0 saturated heterocycles. The first-order valence-electron chi connectivity index (χ1n) is 5.74. The van der Waals surface area contributed by atoms with Crippen molar-refractivity contribution in [2.24, 2.45) is 0 Å². The lowest BCUT2D eigenvalue weighted by Crippen LogP contribution is -2.24. The molecular weight excluding hydrogens is 283 g/mol. The third-order valence-electron chi connectivity index (χ3n) is 2.56. The van der Waals surface area contributed by atoms with Crippen LogP contribution in [0.25, 0.3) is 0 Å². The molecule has 0 aliphatic rings. The molecule has 1 heterocycles. The molecule has 98 valence electrons. The number of rotatable bonds is 4. The molecule has 19 heavy (non-hydrogen) atoms. The minimum atomic E-state index is -0.0564. The Bertz CT molecular complexity index is 573. The summed E-state index contributed by atoms with van der Waals surface area (Å²) in [6.45, 7) is 0.427. The minimum Gasteiger partial charge on any atom is -0.352 e. The molecule has 3 nitrogen and oxygen atoms in total. The summed E-state index contributed by atoms with van der Waals surface area (Å²) < 4.78 is 0. The third kappa shape index (κ3) is 4.23. The second kappa shape index (κ2) is 6.55. The van der Waals surface area contributed by atoms with Crippen molar-refractivity contribution < 1.29 is 4.79 Å². The molecule has 1 aromatic carbocycles. The van der Waals surface area contributed by atoms with E-state index in [1.165, 1.54) is 0 Å². The molecule has 0 saturated carbocycles. The number of hydrogen-bond acceptors (Lipinski definition) is 2. The van der Waals surface area contributed by atoms with Gasteiger partial charge in [0.15, 0.2) is 0 Å². The quantitative estimate of drug-likeness (QED) is 0.940. The highest BCUT2D eigenvalue weighted by molar-refractivity contribution is 6.42. The number of benzene rings is 1. The lowest BCUT2D eigenvalue weighted by Gasteiger charge is -2.06. The Labute approximate surface area is 121 Å². The van der Waals surface area contributed by atoms with E-state index in [1.807, 2.05) is 18.2 Å². The summed E-state index contributed by atoms with van der Waals surface area (Å²) in [6.07, 6.45) is 3.67. The number of nitrogens with one attached hydrogen (secondary N) is 1. The van der Waals surface area contributed by atoms with E-state index in [2.05, 4.69) is 10.3 Å². The van der Waals surface area contributed by atoms with Gasteiger partial charge in [0.2, 0.25) is 5.91 Å². The highest BCUT2D eigenvalue weighted by Crippen LogP contribution is 2.22. The molecule has 0 fully saturated rings. The Morgan fingerprint density at radius 1 is 1.16 bits per heavy atom. The monoisotopic (exact) mass is 294 g/mol. The molecule has 0 bridgehead atoms. The van der Waals surface area contributed by atoms with Crippen molar-refractivity contribution in [3.05, 3.63) is 63.9 Å². The maximum absolute atomic E-state index is 11.7. The van der Waals surface area contributed by atoms with Crippen molar-refractivity contribution >= 4 is 29.1 Å². The smallest absolute Gasteiger partial charge is 0.224 e. The van der Waals surface area contributed by atoms with Gasteiger partial charge >= 0.3 is 0 Å². The van der Waals surface area contributed by atoms with Crippen LogP contribution in [0.15, 0.2) is 42.7 Å². The number of hydrogen-bond donors (Lipinski definition) is 1. The second-order valence-corrected chi connectivity index (χ2v) is 4.88. The van der Waals surface area contributed by atoms with Crippen LogP contribution in [0.1, 0.15) is 11.1 Å². The van der Waals surface area contributed by atoms with Gasteiger partial charge in [0.25, 0.3) is 0 Å². The van der Waals surface area contributed by atoms with Crippen LogP contribution in [0.5, 0.6) is 0 Å². The Hall–Kier alpha value is -1.58. The molecule has 2 rings (SSSR count). The molecule has 1 N–H and O–H groups in total. The van der Waals surface area contributed by atoms with E-state index in [0.717, 1.165) is 11.1 Å². The first-order chi connectivity index (χ1) is 9.15. The fourth-order valence-corrected chi connectivity index (χ4v) is 1.92. The maximum atomic E-state index is 11.7. The van der Waals surface area contributed by atoms with Gasteiger partial charge in [0, 0.05) is 18.9 Å². The fourth-order valence-electron chi connectivity index (χ4n) is 1.60. The average molecular weight is 295 g/mol. The zero-order chi connectivity index (χ0) is 13.7. The van der Waals surface area contributed by atoms with Gasteiger partial charge in [-0.2, -0.15) is 0 Å². The predicted molar refractivity (Wildman–Crippen MR) is 76.2 cm³/mol. The molecule has 1 aromatic heterocycles. The molecule has 0 spiro atoms. The Kier molecular flexibility index (Phi) is 4.77. The van der Waals surface area contributed by atoms with Crippen molar-refractivity contribution in [2.75, 3.05) is 0 Å². The van der Waals surface area contributed by atoms with Crippen LogP contribution in [-0.4, -0.2) is 10.9 Å². The molecule has 0 atom stereocenters. The summed E-state index contributed by atoms with van der Waals surface area (Å²) in [4.78, 5) is 15.7. The topological polar surface area (TPSA) is 42.0 Å². The largest absolute Gasteiger partial charge is 0.352 e. The van der Waals surface area contributed by atoms with Crippen molar-refractivity contribution in [3.63, 3.8) is 0 Å². The Morgan fingerprint density at radius 2 is 2.00 bits per heavy atom. The van der Waals surface area contributed by atoms with Crippen LogP contribution in [-0.2, 0) is 17.8 Å². The van der Waals surface area contributed by atoms with Crippen LogP contribution in [0.3, 0.4) is 0 Å². The average Bonchev–Trinajstić information content (AvgIpc) is 2.41. The van der Waals surface area contributed by atoms with Gasteiger partial charge in [-0.3, -0.25) is 9.78 Å². The summed E-state index contributed by atoms with van der Waals surface area (Å²) in [5.74, 6) is -0.0564. The second-order valence-electron chi connectivity index (χ2n) is 4.06. The van der Waals surface area contributed by atoms with Crippen molar-refractivity contribution in [1.82, 2.24) is 10.3 Å². The SMILES string of the molecule is O=C(Cc1cccnc1)NCc1ccc(Cl)c(Cl)c1. The molecule has 0 unspecified atom stereocenters. The van der Waals surface area contributed by atoms with E-state index >= 15 is 0 Å². The number of amides is 1. The van der Waals surface area contributed by atoms with Gasteiger partial charge < -0.3 is 5.32 Å². The molecule has 0 aliphatic heterocycles. The Morgan fingerprint density at radius 3 is 2.68 bits per heavy atom. The van der Waals surface area contributed by atoms with Gasteiger partial charge in [0.05, 0.1) is 16.5 Å². The van der Waals surface area contributed by atoms with Crippen molar-refractivity contribution in [3.8, 4) is 0 Å². The van der Waals surface area contributed by atoms with E-state index in [4.69, 9.17) is 23.2 Å². The zero-order valence-corrected chi connectivity index (χ0v) is 11.6. The van der Waals surface area contributed by atoms with Crippen molar-refractivity contribution in [2.45, 2.75) is 13.0 Å². The van der Waals surface area contributed by atoms with E-state index in [1.54, 1.807) is 24.5 Å². The Balaban J connectivity index is 1.88. The summed E-state index contributed by atoms with van der Waals surface area (Å²) in [5.41, 5.74) is 1.79.